The third-order valence-corrected chi connectivity index (χ3v) is 6.08. The number of carbonyl (C=O) groups is 1. The largest absolute Gasteiger partial charge is 0.494 e. The maximum Gasteiger partial charge on any atom is 0.234 e. The first-order valence-electron chi connectivity index (χ1n) is 10.5. The summed E-state index contributed by atoms with van der Waals surface area (Å²) >= 11 is 7.76. The van der Waals surface area contributed by atoms with Crippen LogP contribution < -0.4 is 10.1 Å². The third kappa shape index (κ3) is 5.56. The van der Waals surface area contributed by atoms with Gasteiger partial charge in [-0.2, -0.15) is 0 Å². The zero-order valence-electron chi connectivity index (χ0n) is 18.3. The standard InChI is InChI=1S/C25H23ClN4O2S/c1-3-32-20-14-12-19(13-15-20)30-24(21-6-4-5-7-22(21)26)28-29-25(30)33-16-23(31)27-18-10-8-17(2)9-11-18/h4-15H,3,16H2,1-2H3,(H,27,31). The molecule has 0 spiro atoms. The minimum absolute atomic E-state index is 0.121. The predicted molar refractivity (Wildman–Crippen MR) is 134 cm³/mol. The number of aryl methyl sites for hydroxylation is 1. The SMILES string of the molecule is CCOc1ccc(-n2c(SCC(=O)Nc3ccc(C)cc3)nnc2-c2ccccc2Cl)cc1. The van der Waals surface area contributed by atoms with Gasteiger partial charge >= 0.3 is 0 Å². The van der Waals surface area contributed by atoms with Gasteiger partial charge in [0.2, 0.25) is 5.91 Å². The second kappa shape index (κ2) is 10.6. The van der Waals surface area contributed by atoms with Crippen molar-refractivity contribution in [3.63, 3.8) is 0 Å². The van der Waals surface area contributed by atoms with E-state index in [1.165, 1.54) is 11.8 Å². The first kappa shape index (κ1) is 22.9. The number of ether oxygens (including phenoxy) is 1. The van der Waals surface area contributed by atoms with Crippen LogP contribution in [0.25, 0.3) is 17.1 Å². The van der Waals surface area contributed by atoms with Crippen LogP contribution in [0.1, 0.15) is 12.5 Å². The number of rotatable bonds is 8. The Labute approximate surface area is 202 Å². The van der Waals surface area contributed by atoms with E-state index in [4.69, 9.17) is 16.3 Å². The lowest BCUT2D eigenvalue weighted by Crippen LogP contribution is -2.14. The monoisotopic (exact) mass is 478 g/mol. The van der Waals surface area contributed by atoms with Crippen molar-refractivity contribution in [2.24, 2.45) is 0 Å². The average molecular weight is 479 g/mol. The molecule has 8 heteroatoms. The molecule has 0 aliphatic carbocycles. The Bertz CT molecular complexity index is 1240. The van der Waals surface area contributed by atoms with Crippen LogP contribution in [-0.4, -0.2) is 33.0 Å². The van der Waals surface area contributed by atoms with Crippen LogP contribution in [0, 0.1) is 6.92 Å². The van der Waals surface area contributed by atoms with Crippen molar-refractivity contribution in [2.45, 2.75) is 19.0 Å². The highest BCUT2D eigenvalue weighted by atomic mass is 35.5. The molecule has 0 fully saturated rings. The van der Waals surface area contributed by atoms with E-state index in [0.29, 0.717) is 22.6 Å². The van der Waals surface area contributed by atoms with Gasteiger partial charge < -0.3 is 10.1 Å². The molecule has 1 heterocycles. The molecule has 6 nitrogen and oxygen atoms in total. The number of hydrogen-bond donors (Lipinski definition) is 1. The van der Waals surface area contributed by atoms with Crippen LogP contribution >= 0.6 is 23.4 Å². The lowest BCUT2D eigenvalue weighted by atomic mass is 10.2. The number of aromatic nitrogens is 3. The summed E-state index contributed by atoms with van der Waals surface area (Å²) in [6.45, 7) is 4.54. The Morgan fingerprint density at radius 1 is 1.03 bits per heavy atom. The molecule has 4 rings (SSSR count). The molecule has 168 valence electrons. The molecule has 0 aliphatic heterocycles. The molecule has 3 aromatic carbocycles. The van der Waals surface area contributed by atoms with Crippen molar-refractivity contribution in [3.05, 3.63) is 83.4 Å². The second-order valence-electron chi connectivity index (χ2n) is 7.25. The Morgan fingerprint density at radius 3 is 2.45 bits per heavy atom. The highest BCUT2D eigenvalue weighted by Crippen LogP contribution is 2.32. The Hall–Kier alpha value is -3.29. The van der Waals surface area contributed by atoms with Gasteiger partial charge in [-0.15, -0.1) is 10.2 Å². The van der Waals surface area contributed by atoms with E-state index >= 15 is 0 Å². The molecule has 1 amide bonds. The smallest absolute Gasteiger partial charge is 0.234 e. The number of nitrogens with zero attached hydrogens (tertiary/aromatic N) is 3. The molecule has 1 N–H and O–H groups in total. The summed E-state index contributed by atoms with van der Waals surface area (Å²) in [6, 6.07) is 22.8. The molecule has 33 heavy (non-hydrogen) atoms. The summed E-state index contributed by atoms with van der Waals surface area (Å²) in [6.07, 6.45) is 0. The van der Waals surface area contributed by atoms with E-state index in [2.05, 4.69) is 15.5 Å². The molecule has 0 bridgehead atoms. The summed E-state index contributed by atoms with van der Waals surface area (Å²) in [5, 5.41) is 12.8. The fourth-order valence-corrected chi connectivity index (χ4v) is 4.21. The van der Waals surface area contributed by atoms with E-state index in [-0.39, 0.29) is 11.7 Å². The first-order valence-corrected chi connectivity index (χ1v) is 11.8. The van der Waals surface area contributed by atoms with E-state index in [9.17, 15) is 4.79 Å². The molecule has 0 saturated heterocycles. The molecule has 0 unspecified atom stereocenters. The van der Waals surface area contributed by atoms with Crippen molar-refractivity contribution in [3.8, 4) is 22.8 Å². The van der Waals surface area contributed by atoms with Gasteiger partial charge in [-0.1, -0.05) is 53.2 Å². The minimum atomic E-state index is -0.121. The first-order chi connectivity index (χ1) is 16.0. The van der Waals surface area contributed by atoms with Crippen molar-refractivity contribution >= 4 is 35.0 Å². The van der Waals surface area contributed by atoms with Crippen LogP contribution in [0.15, 0.2) is 78.0 Å². The minimum Gasteiger partial charge on any atom is -0.494 e. The summed E-state index contributed by atoms with van der Waals surface area (Å²) in [5.41, 5.74) is 3.50. The number of halogens is 1. The predicted octanol–water partition coefficient (Wildman–Crippen LogP) is 6.03. The lowest BCUT2D eigenvalue weighted by molar-refractivity contribution is -0.113. The quantitative estimate of drug-likeness (QED) is 0.313. The van der Waals surface area contributed by atoms with Crippen molar-refractivity contribution < 1.29 is 9.53 Å². The average Bonchev–Trinajstić information content (AvgIpc) is 3.24. The van der Waals surface area contributed by atoms with Gasteiger partial charge in [0.25, 0.3) is 0 Å². The highest BCUT2D eigenvalue weighted by molar-refractivity contribution is 7.99. The number of amides is 1. The molecule has 1 aromatic heterocycles. The van der Waals surface area contributed by atoms with E-state index in [0.717, 1.165) is 28.3 Å². The molecule has 0 radical (unpaired) electrons. The van der Waals surface area contributed by atoms with Gasteiger partial charge in [0.15, 0.2) is 11.0 Å². The summed E-state index contributed by atoms with van der Waals surface area (Å²) < 4.78 is 7.47. The van der Waals surface area contributed by atoms with Gasteiger partial charge in [0.1, 0.15) is 5.75 Å². The fourth-order valence-electron chi connectivity index (χ4n) is 3.24. The van der Waals surface area contributed by atoms with E-state index in [1.54, 1.807) is 0 Å². The number of carbonyl (C=O) groups excluding carboxylic acids is 1. The van der Waals surface area contributed by atoms with Crippen LogP contribution in [0.4, 0.5) is 5.69 Å². The Morgan fingerprint density at radius 2 is 1.76 bits per heavy atom. The van der Waals surface area contributed by atoms with Crippen molar-refractivity contribution in [1.29, 1.82) is 0 Å². The molecule has 0 atom stereocenters. The molecule has 0 aliphatic rings. The number of thioether (sulfide) groups is 1. The van der Waals surface area contributed by atoms with Crippen LogP contribution in [0.5, 0.6) is 5.75 Å². The number of anilines is 1. The Balaban J connectivity index is 1.61. The number of benzene rings is 3. The number of nitrogens with one attached hydrogen (secondary N) is 1. The van der Waals surface area contributed by atoms with Gasteiger partial charge in [-0.25, -0.2) is 0 Å². The molecule has 4 aromatic rings. The van der Waals surface area contributed by atoms with E-state index < -0.39 is 0 Å². The molecular formula is C25H23ClN4O2S. The zero-order valence-corrected chi connectivity index (χ0v) is 19.9. The van der Waals surface area contributed by atoms with Gasteiger partial charge in [-0.3, -0.25) is 9.36 Å². The Kier molecular flexibility index (Phi) is 7.32. The highest BCUT2D eigenvalue weighted by Gasteiger charge is 2.19. The normalized spacial score (nSPS) is 10.8. The molecular weight excluding hydrogens is 456 g/mol. The van der Waals surface area contributed by atoms with Gasteiger partial charge in [-0.05, 0) is 62.4 Å². The van der Waals surface area contributed by atoms with Crippen LogP contribution in [-0.2, 0) is 4.79 Å². The fraction of sp³-hybridized carbons (Fsp3) is 0.160. The van der Waals surface area contributed by atoms with Crippen molar-refractivity contribution in [1.82, 2.24) is 14.8 Å². The van der Waals surface area contributed by atoms with Gasteiger partial charge in [0.05, 0.1) is 17.4 Å². The second-order valence-corrected chi connectivity index (χ2v) is 8.60. The summed E-state index contributed by atoms with van der Waals surface area (Å²) in [5.74, 6) is 1.45. The maximum absolute atomic E-state index is 12.5. The topological polar surface area (TPSA) is 69.0 Å². The zero-order chi connectivity index (χ0) is 23.2. The molecule has 0 saturated carbocycles. The van der Waals surface area contributed by atoms with Gasteiger partial charge in [0, 0.05) is 16.9 Å². The van der Waals surface area contributed by atoms with Crippen LogP contribution in [0.3, 0.4) is 0 Å². The summed E-state index contributed by atoms with van der Waals surface area (Å²) in [4.78, 5) is 12.5. The van der Waals surface area contributed by atoms with Crippen molar-refractivity contribution in [2.75, 3.05) is 17.7 Å². The maximum atomic E-state index is 12.5. The van der Waals surface area contributed by atoms with Crippen LogP contribution in [0.2, 0.25) is 5.02 Å². The summed E-state index contributed by atoms with van der Waals surface area (Å²) in [7, 11) is 0. The lowest BCUT2D eigenvalue weighted by Gasteiger charge is -2.12. The third-order valence-electron chi connectivity index (χ3n) is 4.82. The van der Waals surface area contributed by atoms with E-state index in [1.807, 2.05) is 91.2 Å². The number of hydrogen-bond acceptors (Lipinski definition) is 5.